The minimum absolute atomic E-state index is 0.00238. The van der Waals surface area contributed by atoms with E-state index in [0.29, 0.717) is 32.1 Å². The predicted octanol–water partition coefficient (Wildman–Crippen LogP) is 16.5. The van der Waals surface area contributed by atoms with E-state index in [9.17, 15) is 24.3 Å². The number of carbonyl (C=O) groups is 10. The van der Waals surface area contributed by atoms with Gasteiger partial charge in [0.1, 0.15) is 37.6 Å². The molecule has 0 aromatic heterocycles. The summed E-state index contributed by atoms with van der Waals surface area (Å²) in [6.07, 6.45) is -22.8. The van der Waals surface area contributed by atoms with Crippen LogP contribution in [-0.4, -0.2) is 195 Å². The molecular weight excluding hydrogens is 1770 g/mol. The summed E-state index contributed by atoms with van der Waals surface area (Å²) in [6, 6.07) is 70.4. The zero-order valence-corrected chi connectivity index (χ0v) is 77.3. The number of allylic oxidation sites excluding steroid dienone is 1. The molecule has 7 fully saturated rings. The highest BCUT2D eigenvalue weighted by Gasteiger charge is 2.69. The summed E-state index contributed by atoms with van der Waals surface area (Å²) in [4.78, 5) is 148. The van der Waals surface area contributed by atoms with Gasteiger partial charge in [-0.25, -0.2) is 43.2 Å². The largest absolute Gasteiger partial charge is 0.466 e. The van der Waals surface area contributed by atoms with Crippen LogP contribution in [0.2, 0.25) is 0 Å². The van der Waals surface area contributed by atoms with Crippen LogP contribution in [0.4, 0.5) is 0 Å². The van der Waals surface area contributed by atoms with Crippen molar-refractivity contribution in [2.45, 2.75) is 209 Å². The lowest BCUT2D eigenvalue weighted by molar-refractivity contribution is -0.392. The summed E-state index contributed by atoms with van der Waals surface area (Å²) < 4.78 is 116. The maximum absolute atomic E-state index is 15.8. The molecule has 138 heavy (non-hydrogen) atoms. The average molecular weight is 1880 g/mol. The summed E-state index contributed by atoms with van der Waals surface area (Å²) in [5.41, 5.74) is 0.546. The highest BCUT2D eigenvalue weighted by atomic mass is 16.8. The Kier molecular flexibility index (Phi) is 30.2. The summed E-state index contributed by atoms with van der Waals surface area (Å²) in [7, 11) is 0. The zero-order valence-electron chi connectivity index (χ0n) is 77.3. The van der Waals surface area contributed by atoms with E-state index in [1.165, 1.54) is 123 Å². The third kappa shape index (κ3) is 21.5. The van der Waals surface area contributed by atoms with Gasteiger partial charge in [0.15, 0.2) is 67.4 Å². The molecule has 9 aromatic rings. The smallest absolute Gasteiger partial charge is 0.338 e. The van der Waals surface area contributed by atoms with Crippen molar-refractivity contribution in [3.63, 3.8) is 0 Å². The molecule has 3 saturated carbocycles. The van der Waals surface area contributed by atoms with E-state index in [1.807, 2.05) is 6.92 Å². The molecule has 28 heteroatoms. The summed E-state index contributed by atoms with van der Waals surface area (Å²) in [5.74, 6) is -10.2. The van der Waals surface area contributed by atoms with Gasteiger partial charge in [-0.05, 0) is 208 Å². The Morgan fingerprint density at radius 2 is 0.739 bits per heavy atom. The number of hydrogen-bond donors (Lipinski definition) is 1. The molecule has 0 amide bonds. The third-order valence-electron chi connectivity index (χ3n) is 28.7. The molecule has 17 rings (SSSR count). The molecule has 26 atom stereocenters. The van der Waals surface area contributed by atoms with Gasteiger partial charge >= 0.3 is 59.7 Å². The highest BCUT2D eigenvalue weighted by molar-refractivity contribution is 5.94. The second-order valence-corrected chi connectivity index (χ2v) is 37.4. The molecule has 28 nitrogen and oxygen atoms in total. The van der Waals surface area contributed by atoms with E-state index in [1.54, 1.807) is 164 Å². The second kappa shape index (κ2) is 43.0. The van der Waals surface area contributed by atoms with Crippen molar-refractivity contribution in [3.8, 4) is 0 Å². The minimum atomic E-state index is -2.29. The maximum Gasteiger partial charge on any atom is 0.338 e. The summed E-state index contributed by atoms with van der Waals surface area (Å²) in [5, 5.41) is 12.4. The van der Waals surface area contributed by atoms with Crippen LogP contribution < -0.4 is 0 Å². The lowest BCUT2D eigenvalue weighted by atomic mass is 9.47. The van der Waals surface area contributed by atoms with Crippen LogP contribution >= 0.6 is 0 Å². The number of hydrogen-bond acceptors (Lipinski definition) is 28. The first kappa shape index (κ1) is 96.8. The molecule has 8 aliphatic rings. The SMILES string of the molecule is CC(=O)OC[C@@H](C)CC[C@@]1(O)O[C@H]2C[C@H]3[C@@H]4CC=C5C[C@@H](O[C@H]6O[C@H](COC(=O)c7ccccc7)[C@@H](OC(=O)c7ccccc7)[C@H](O[C@@H]7O[C@H](COC(=O)c8ccccc8)[C@@H](OC(=O)c8ccccc8)[C@H](OC(=O)c8ccccc8)[C@H]7OC(=O)c7ccccc7)[C@H]6O[C@@H]6O[C@@H](C)[C@H](OC(=O)c7ccccc7)[C@@H](OC(=O)c7ccccc7)[C@H]6OC(=O)c6ccccc6)CC[C@]5(C)[C@H]4CC[C@]3(C)[C@H]2[C@@H]1C. The van der Waals surface area contributed by atoms with Crippen LogP contribution in [0.15, 0.2) is 285 Å². The molecule has 4 aliphatic heterocycles. The summed E-state index contributed by atoms with van der Waals surface area (Å²) in [6.45, 7) is 10.3. The van der Waals surface area contributed by atoms with Gasteiger partial charge in [-0.2, -0.15) is 0 Å². The fraction of sp³-hybridized carbons (Fsp3) is 0.400. The van der Waals surface area contributed by atoms with Crippen molar-refractivity contribution >= 4 is 59.7 Å². The Labute approximate surface area is 799 Å². The van der Waals surface area contributed by atoms with E-state index in [-0.39, 0.29) is 116 Å². The number of esters is 10. The lowest BCUT2D eigenvalue weighted by Gasteiger charge is -2.58. The minimum Gasteiger partial charge on any atom is -0.466 e. The van der Waals surface area contributed by atoms with Crippen LogP contribution in [0.5, 0.6) is 0 Å². The van der Waals surface area contributed by atoms with Crippen LogP contribution in [-0.2, 0) is 85.3 Å². The molecule has 720 valence electrons. The van der Waals surface area contributed by atoms with Crippen LogP contribution in [0.3, 0.4) is 0 Å². The van der Waals surface area contributed by atoms with Crippen molar-refractivity contribution in [3.05, 3.63) is 335 Å². The summed E-state index contributed by atoms with van der Waals surface area (Å²) >= 11 is 0. The highest BCUT2D eigenvalue weighted by Crippen LogP contribution is 2.70. The number of rotatable bonds is 31. The number of fused-ring (bicyclic) bond motifs is 7. The van der Waals surface area contributed by atoms with Crippen molar-refractivity contribution in [1.29, 1.82) is 0 Å². The Hall–Kier alpha value is -12.9. The monoisotopic (exact) mass is 1880 g/mol. The van der Waals surface area contributed by atoms with E-state index in [0.717, 1.165) is 24.8 Å². The standard InChI is InChI=1S/C110H112O28/c1-65(62-122-68(4)111)54-59-110(121)66(2)86-83(138-110)61-82-80-53-52-78-60-79(55-57-108(78,5)81(80)56-58-109(82,86)6)126-106-95(137-105-93(134-103(119)76-48-30-14-31-49-76)90(132-101(117)74-44-26-12-27-45-74)87(67(3)125-105)129-98(114)71-38-20-9-21-39-71)92(89(131-100(116)73-42-24-11-25-43-73)85(127-106)64-124-97(113)70-36-18-8-19-37-70)136-107-94(135-104(120)77-50-32-15-33-51-77)91(133-102(118)75-46-28-13-29-47-75)88(130-99(115)72-40-22-10-23-41-72)84(128-107)63-123-96(112)69-34-16-7-17-35-69/h7-52,65-67,79-95,105-107,121H,53-64H2,1-6H3/t65-,66-,67-,79-,80+,81-,82-,83-,84+,85+,86-,87-,88+,89+,90+,91-,92-,93+,94+,95+,105-,106-,107-,108-,109-,110+/m0/s1. The predicted molar refractivity (Wildman–Crippen MR) is 494 cm³/mol. The van der Waals surface area contributed by atoms with Gasteiger partial charge in [0.2, 0.25) is 0 Å². The van der Waals surface area contributed by atoms with Crippen LogP contribution in [0.1, 0.15) is 193 Å². The first-order valence-corrected chi connectivity index (χ1v) is 47.2. The first-order chi connectivity index (χ1) is 66.8. The molecule has 4 heterocycles. The molecule has 4 aliphatic carbocycles. The molecule has 0 unspecified atom stereocenters. The normalized spacial score (nSPS) is 30.7. The fourth-order valence-electron chi connectivity index (χ4n) is 21.6. The van der Waals surface area contributed by atoms with E-state index in [4.69, 9.17) is 80.5 Å². The molecule has 4 saturated heterocycles. The van der Waals surface area contributed by atoms with Crippen molar-refractivity contribution in [2.24, 2.45) is 46.3 Å². The molecular formula is C110H112O28. The lowest BCUT2D eigenvalue weighted by Crippen LogP contribution is -2.69. The average Bonchev–Trinajstić information content (AvgIpc) is 1.53. The van der Waals surface area contributed by atoms with E-state index >= 15 is 28.8 Å². The number of benzene rings is 9. The van der Waals surface area contributed by atoms with Gasteiger partial charge in [-0.3, -0.25) is 4.79 Å². The molecule has 0 spiro atoms. The van der Waals surface area contributed by atoms with E-state index < -0.39 is 176 Å². The molecule has 1 N–H and O–H groups in total. The second-order valence-electron chi connectivity index (χ2n) is 37.4. The zero-order chi connectivity index (χ0) is 96.4. The van der Waals surface area contributed by atoms with Gasteiger partial charge in [-0.15, -0.1) is 0 Å². The van der Waals surface area contributed by atoms with E-state index in [2.05, 4.69) is 26.8 Å². The van der Waals surface area contributed by atoms with Gasteiger partial charge in [0.25, 0.3) is 0 Å². The molecule has 0 bridgehead atoms. The Bertz CT molecular complexity index is 5770. The van der Waals surface area contributed by atoms with Gasteiger partial charge in [0, 0.05) is 19.3 Å². The van der Waals surface area contributed by atoms with Crippen molar-refractivity contribution in [2.75, 3.05) is 19.8 Å². The molecule has 9 aromatic carbocycles. The van der Waals surface area contributed by atoms with Crippen molar-refractivity contribution in [1.82, 2.24) is 0 Å². The van der Waals surface area contributed by atoms with Crippen molar-refractivity contribution < 1.29 is 134 Å². The van der Waals surface area contributed by atoms with Crippen LogP contribution in [0.25, 0.3) is 0 Å². The number of carbonyl (C=O) groups excluding carboxylic acids is 10. The first-order valence-electron chi connectivity index (χ1n) is 47.2. The maximum atomic E-state index is 15.8. The Morgan fingerprint density at radius 1 is 0.391 bits per heavy atom. The number of ether oxygens (including phenoxy) is 17. The fourth-order valence-corrected chi connectivity index (χ4v) is 21.6. The Balaban J connectivity index is 0.824. The van der Waals surface area contributed by atoms with Gasteiger partial charge < -0.3 is 85.6 Å². The van der Waals surface area contributed by atoms with Crippen LogP contribution in [0, 0.1) is 46.3 Å². The van der Waals surface area contributed by atoms with Gasteiger partial charge in [-0.1, -0.05) is 203 Å². The topological polar surface area (TPSA) is 348 Å². The third-order valence-corrected chi connectivity index (χ3v) is 28.7. The van der Waals surface area contributed by atoms with Gasteiger partial charge in [0.05, 0.1) is 75.0 Å². The Morgan fingerprint density at radius 3 is 1.14 bits per heavy atom. The molecule has 0 radical (unpaired) electrons. The quantitative estimate of drug-likeness (QED) is 0.0239. The number of aliphatic hydroxyl groups is 1.